The molecule has 1 aliphatic rings. The molecule has 0 unspecified atom stereocenters. The maximum atomic E-state index is 5.57. The first-order valence-corrected chi connectivity index (χ1v) is 4.59. The van der Waals surface area contributed by atoms with Crippen LogP contribution in [0.1, 0.15) is 12.8 Å². The van der Waals surface area contributed by atoms with Gasteiger partial charge in [0.2, 0.25) is 0 Å². The van der Waals surface area contributed by atoms with Crippen LogP contribution in [0.5, 0.6) is 6.01 Å². The highest BCUT2D eigenvalue weighted by atomic mass is 35.5. The number of nitrogens with one attached hydrogen (secondary N) is 1. The van der Waals surface area contributed by atoms with E-state index in [2.05, 4.69) is 15.3 Å². The minimum Gasteiger partial charge on any atom is -0.459 e. The molecule has 5 heteroatoms. The molecule has 1 atom stereocenters. The lowest BCUT2D eigenvalue weighted by Gasteiger charge is -2.22. The van der Waals surface area contributed by atoms with Crippen molar-refractivity contribution >= 4 is 12.4 Å². The normalized spacial score (nSPS) is 21.0. The van der Waals surface area contributed by atoms with Gasteiger partial charge in [0.15, 0.2) is 0 Å². The van der Waals surface area contributed by atoms with Crippen molar-refractivity contribution in [1.29, 1.82) is 0 Å². The summed E-state index contributed by atoms with van der Waals surface area (Å²) in [4.78, 5) is 8.02. The summed E-state index contributed by atoms with van der Waals surface area (Å²) in [6, 6.07) is 2.27. The molecule has 1 aliphatic heterocycles. The molecule has 0 spiro atoms. The van der Waals surface area contributed by atoms with Crippen LogP contribution < -0.4 is 10.1 Å². The summed E-state index contributed by atoms with van der Waals surface area (Å²) in [5, 5.41) is 3.27. The predicted octanol–water partition coefficient (Wildman–Crippen LogP) is 1.03. The average molecular weight is 216 g/mol. The van der Waals surface area contributed by atoms with Gasteiger partial charge in [0, 0.05) is 18.9 Å². The zero-order valence-corrected chi connectivity index (χ0v) is 8.67. The van der Waals surface area contributed by atoms with Crippen LogP contribution >= 0.6 is 12.4 Å². The summed E-state index contributed by atoms with van der Waals surface area (Å²) < 4.78 is 5.57. The standard InChI is InChI=1S/C9H13N3O.ClH/c1-3-8(7-10-4-1)13-9-11-5-2-6-12-9;/h2,5-6,8,10H,1,3-4,7H2;1H/t8-;/m1./s1. The largest absolute Gasteiger partial charge is 0.459 e. The molecule has 2 rings (SSSR count). The van der Waals surface area contributed by atoms with E-state index in [4.69, 9.17) is 4.74 Å². The molecule has 1 fully saturated rings. The quantitative estimate of drug-likeness (QED) is 0.801. The minimum atomic E-state index is 0. The Morgan fingerprint density at radius 1 is 1.36 bits per heavy atom. The molecule has 2 heterocycles. The second-order valence-corrected chi connectivity index (χ2v) is 3.12. The minimum absolute atomic E-state index is 0. The van der Waals surface area contributed by atoms with E-state index in [0.29, 0.717) is 6.01 Å². The molecular formula is C9H14ClN3O. The van der Waals surface area contributed by atoms with Crippen LogP contribution in [0.3, 0.4) is 0 Å². The SMILES string of the molecule is Cl.c1cnc(O[C@@H]2CCCNC2)nc1. The van der Waals surface area contributed by atoms with Crippen molar-refractivity contribution in [3.05, 3.63) is 18.5 Å². The summed E-state index contributed by atoms with van der Waals surface area (Å²) in [6.07, 6.45) is 5.87. The molecular weight excluding hydrogens is 202 g/mol. The van der Waals surface area contributed by atoms with E-state index >= 15 is 0 Å². The van der Waals surface area contributed by atoms with Crippen molar-refractivity contribution in [2.75, 3.05) is 13.1 Å². The summed E-state index contributed by atoms with van der Waals surface area (Å²) in [5.41, 5.74) is 0. The van der Waals surface area contributed by atoms with Gasteiger partial charge in [0.05, 0.1) is 0 Å². The fourth-order valence-corrected chi connectivity index (χ4v) is 1.42. The molecule has 0 amide bonds. The molecule has 4 nitrogen and oxygen atoms in total. The highest BCUT2D eigenvalue weighted by Gasteiger charge is 2.14. The highest BCUT2D eigenvalue weighted by Crippen LogP contribution is 2.08. The second-order valence-electron chi connectivity index (χ2n) is 3.12. The smallest absolute Gasteiger partial charge is 0.316 e. The predicted molar refractivity (Wildman–Crippen MR) is 55.8 cm³/mol. The van der Waals surface area contributed by atoms with Crippen LogP contribution in [-0.4, -0.2) is 29.2 Å². The number of aromatic nitrogens is 2. The molecule has 0 aromatic carbocycles. The van der Waals surface area contributed by atoms with Gasteiger partial charge in [-0.1, -0.05) is 0 Å². The van der Waals surface area contributed by atoms with E-state index < -0.39 is 0 Å². The van der Waals surface area contributed by atoms with Crippen LogP contribution in [0, 0.1) is 0 Å². The van der Waals surface area contributed by atoms with E-state index in [0.717, 1.165) is 25.9 Å². The number of hydrogen-bond acceptors (Lipinski definition) is 4. The molecule has 1 aromatic heterocycles. The first-order chi connectivity index (χ1) is 6.45. The molecule has 0 saturated carbocycles. The highest BCUT2D eigenvalue weighted by molar-refractivity contribution is 5.85. The third kappa shape index (κ3) is 3.12. The first-order valence-electron chi connectivity index (χ1n) is 4.59. The van der Waals surface area contributed by atoms with Crippen LogP contribution in [0.2, 0.25) is 0 Å². The Kier molecular flexibility index (Phi) is 4.62. The van der Waals surface area contributed by atoms with Crippen molar-refractivity contribution in [3.63, 3.8) is 0 Å². The van der Waals surface area contributed by atoms with Gasteiger partial charge in [-0.25, -0.2) is 9.97 Å². The molecule has 0 radical (unpaired) electrons. The van der Waals surface area contributed by atoms with E-state index in [-0.39, 0.29) is 18.5 Å². The Morgan fingerprint density at radius 3 is 2.79 bits per heavy atom. The van der Waals surface area contributed by atoms with Crippen molar-refractivity contribution < 1.29 is 4.74 Å². The van der Waals surface area contributed by atoms with Gasteiger partial charge in [-0.3, -0.25) is 0 Å². The summed E-state index contributed by atoms with van der Waals surface area (Å²) in [5.74, 6) is 0. The molecule has 1 N–H and O–H groups in total. The van der Waals surface area contributed by atoms with E-state index in [1.165, 1.54) is 0 Å². The lowest BCUT2D eigenvalue weighted by atomic mass is 10.1. The fraction of sp³-hybridized carbons (Fsp3) is 0.556. The van der Waals surface area contributed by atoms with Gasteiger partial charge in [0.25, 0.3) is 0 Å². The number of rotatable bonds is 2. The number of piperidine rings is 1. The van der Waals surface area contributed by atoms with Gasteiger partial charge in [-0.05, 0) is 25.5 Å². The fourth-order valence-electron chi connectivity index (χ4n) is 1.42. The zero-order valence-electron chi connectivity index (χ0n) is 7.85. The van der Waals surface area contributed by atoms with Crippen molar-refractivity contribution in [2.45, 2.75) is 18.9 Å². The molecule has 1 aromatic rings. The second kappa shape index (κ2) is 5.78. The van der Waals surface area contributed by atoms with Gasteiger partial charge < -0.3 is 10.1 Å². The van der Waals surface area contributed by atoms with Gasteiger partial charge in [-0.15, -0.1) is 12.4 Å². The van der Waals surface area contributed by atoms with Crippen LogP contribution in [-0.2, 0) is 0 Å². The Balaban J connectivity index is 0.000000980. The van der Waals surface area contributed by atoms with Gasteiger partial charge in [-0.2, -0.15) is 0 Å². The average Bonchev–Trinajstić information content (AvgIpc) is 2.21. The van der Waals surface area contributed by atoms with Crippen molar-refractivity contribution in [2.24, 2.45) is 0 Å². The van der Waals surface area contributed by atoms with Gasteiger partial charge >= 0.3 is 6.01 Å². The summed E-state index contributed by atoms with van der Waals surface area (Å²) >= 11 is 0. The number of halogens is 1. The number of hydrogen-bond donors (Lipinski definition) is 1. The Hall–Kier alpha value is -0.870. The molecule has 14 heavy (non-hydrogen) atoms. The third-order valence-electron chi connectivity index (χ3n) is 2.07. The van der Waals surface area contributed by atoms with Gasteiger partial charge in [0.1, 0.15) is 6.10 Å². The lowest BCUT2D eigenvalue weighted by Crippen LogP contribution is -2.37. The Morgan fingerprint density at radius 2 is 2.14 bits per heavy atom. The Bertz CT molecular complexity index is 251. The first kappa shape index (κ1) is 11.2. The third-order valence-corrected chi connectivity index (χ3v) is 2.07. The van der Waals surface area contributed by atoms with Crippen LogP contribution in [0.4, 0.5) is 0 Å². The lowest BCUT2D eigenvalue weighted by molar-refractivity contribution is 0.153. The molecule has 0 aliphatic carbocycles. The van der Waals surface area contributed by atoms with Crippen LogP contribution in [0.15, 0.2) is 18.5 Å². The number of nitrogens with zero attached hydrogens (tertiary/aromatic N) is 2. The molecule has 78 valence electrons. The topological polar surface area (TPSA) is 47.0 Å². The van der Waals surface area contributed by atoms with E-state index in [1.54, 1.807) is 18.5 Å². The maximum absolute atomic E-state index is 5.57. The summed E-state index contributed by atoms with van der Waals surface area (Å²) in [7, 11) is 0. The van der Waals surface area contributed by atoms with Crippen molar-refractivity contribution in [1.82, 2.24) is 15.3 Å². The number of ether oxygens (including phenoxy) is 1. The maximum Gasteiger partial charge on any atom is 0.316 e. The van der Waals surface area contributed by atoms with Crippen molar-refractivity contribution in [3.8, 4) is 6.01 Å². The monoisotopic (exact) mass is 215 g/mol. The van der Waals surface area contributed by atoms with Crippen LogP contribution in [0.25, 0.3) is 0 Å². The molecule has 0 bridgehead atoms. The zero-order chi connectivity index (χ0) is 8.93. The Labute approximate surface area is 89.5 Å². The van der Waals surface area contributed by atoms with E-state index in [1.807, 2.05) is 0 Å². The molecule has 1 saturated heterocycles. The van der Waals surface area contributed by atoms with E-state index in [9.17, 15) is 0 Å². The summed E-state index contributed by atoms with van der Waals surface area (Å²) in [6.45, 7) is 1.99.